The van der Waals surface area contributed by atoms with E-state index in [4.69, 9.17) is 23.2 Å². The van der Waals surface area contributed by atoms with Crippen LogP contribution < -0.4 is 5.32 Å². The molecule has 5 rings (SSSR count). The van der Waals surface area contributed by atoms with Crippen LogP contribution in [0.15, 0.2) is 73.1 Å². The van der Waals surface area contributed by atoms with Gasteiger partial charge in [0.15, 0.2) is 0 Å². The molecule has 0 aliphatic carbocycles. The van der Waals surface area contributed by atoms with E-state index in [1.54, 1.807) is 6.20 Å². The molecule has 0 atom stereocenters. The maximum atomic E-state index is 11.7. The molecule has 1 aliphatic rings. The molecule has 0 fully saturated rings. The average Bonchev–Trinajstić information content (AvgIpc) is 3.41. The lowest BCUT2D eigenvalue weighted by Crippen LogP contribution is -2.03. The van der Waals surface area contributed by atoms with E-state index in [0.29, 0.717) is 22.2 Å². The van der Waals surface area contributed by atoms with Crippen LogP contribution in [0.2, 0.25) is 10.0 Å². The van der Waals surface area contributed by atoms with Gasteiger partial charge in [-0.3, -0.25) is 4.79 Å². The molecule has 3 aromatic carbocycles. The highest BCUT2D eigenvalue weighted by atomic mass is 35.5. The Bertz CT molecular complexity index is 1210. The number of halogens is 2. The van der Waals surface area contributed by atoms with E-state index in [2.05, 4.69) is 34.7 Å². The Kier molecular flexibility index (Phi) is 4.38. The van der Waals surface area contributed by atoms with Crippen molar-refractivity contribution in [3.63, 3.8) is 0 Å². The zero-order valence-corrected chi connectivity index (χ0v) is 16.7. The third-order valence-corrected chi connectivity index (χ3v) is 5.94. The van der Waals surface area contributed by atoms with Gasteiger partial charge in [0.1, 0.15) is 0 Å². The fourth-order valence-electron chi connectivity index (χ4n) is 3.59. The van der Waals surface area contributed by atoms with Gasteiger partial charge < -0.3 is 5.32 Å². The van der Waals surface area contributed by atoms with Gasteiger partial charge in [0.25, 0.3) is 0 Å². The Morgan fingerprint density at radius 3 is 2.21 bits per heavy atom. The topological polar surface area (TPSA) is 46.9 Å². The zero-order valence-electron chi connectivity index (χ0n) is 15.2. The second kappa shape index (κ2) is 7.07. The molecule has 0 saturated heterocycles. The Morgan fingerprint density at radius 1 is 0.897 bits per heavy atom. The van der Waals surface area contributed by atoms with E-state index in [1.165, 1.54) is 0 Å². The predicted molar refractivity (Wildman–Crippen MR) is 117 cm³/mol. The Morgan fingerprint density at radius 2 is 1.55 bits per heavy atom. The number of carbonyl (C=O) groups excluding carboxylic acids is 1. The van der Waals surface area contributed by atoms with Crippen LogP contribution in [0.3, 0.4) is 0 Å². The van der Waals surface area contributed by atoms with Crippen molar-refractivity contribution in [3.8, 4) is 27.9 Å². The largest absolute Gasteiger partial charge is 0.324 e. The molecule has 2 heterocycles. The number of hydrogen-bond acceptors (Lipinski definition) is 2. The normalized spacial score (nSPS) is 12.7. The summed E-state index contributed by atoms with van der Waals surface area (Å²) < 4.78 is 1.83. The second-order valence-electron chi connectivity index (χ2n) is 6.89. The molecule has 0 radical (unpaired) electrons. The molecule has 29 heavy (non-hydrogen) atoms. The molecule has 0 bridgehead atoms. The average molecular weight is 420 g/mol. The monoisotopic (exact) mass is 419 g/mol. The molecule has 1 aliphatic heterocycles. The molecule has 1 aromatic heterocycles. The van der Waals surface area contributed by atoms with E-state index in [1.807, 2.05) is 47.3 Å². The van der Waals surface area contributed by atoms with Crippen molar-refractivity contribution in [2.24, 2.45) is 0 Å². The predicted octanol–water partition coefficient (Wildman–Crippen LogP) is 6.01. The Hall–Kier alpha value is -3.08. The highest BCUT2D eigenvalue weighted by Crippen LogP contribution is 2.43. The summed E-state index contributed by atoms with van der Waals surface area (Å²) in [5, 5.41) is 7.86. The summed E-state index contributed by atoms with van der Waals surface area (Å²) in [4.78, 5) is 11.7. The minimum atomic E-state index is -0.0657. The van der Waals surface area contributed by atoms with Crippen LogP contribution in [0.5, 0.6) is 0 Å². The summed E-state index contributed by atoms with van der Waals surface area (Å²) in [5.41, 5.74) is 6.50. The number of nitrogens with one attached hydrogen (secondary N) is 1. The third kappa shape index (κ3) is 3.20. The van der Waals surface area contributed by atoms with Gasteiger partial charge in [-0.1, -0.05) is 59.6 Å². The Labute approximate surface area is 177 Å². The van der Waals surface area contributed by atoms with Crippen molar-refractivity contribution in [3.05, 3.63) is 88.7 Å². The summed E-state index contributed by atoms with van der Waals surface area (Å²) in [7, 11) is 0. The minimum absolute atomic E-state index is 0.0657. The van der Waals surface area contributed by atoms with Gasteiger partial charge in [-0.25, -0.2) is 4.68 Å². The van der Waals surface area contributed by atoms with Gasteiger partial charge in [-0.05, 0) is 46.5 Å². The van der Waals surface area contributed by atoms with Gasteiger partial charge >= 0.3 is 0 Å². The maximum absolute atomic E-state index is 11.7. The SMILES string of the molecule is O=C1Cc2cc(-c3ccc(-c4ccc(-n5cccn5)cc4)cc3)c(Cl)c(Cl)c2N1. The first-order chi connectivity index (χ1) is 14.1. The summed E-state index contributed by atoms with van der Waals surface area (Å²) in [6.07, 6.45) is 3.99. The molecule has 1 N–H and O–H groups in total. The molecule has 0 saturated carbocycles. The van der Waals surface area contributed by atoms with E-state index in [-0.39, 0.29) is 5.91 Å². The second-order valence-corrected chi connectivity index (χ2v) is 7.64. The van der Waals surface area contributed by atoms with Crippen molar-refractivity contribution in [1.29, 1.82) is 0 Å². The van der Waals surface area contributed by atoms with Crippen molar-refractivity contribution in [2.45, 2.75) is 6.42 Å². The van der Waals surface area contributed by atoms with Crippen molar-refractivity contribution in [2.75, 3.05) is 5.32 Å². The molecule has 1 amide bonds. The number of aromatic nitrogens is 2. The molecule has 4 aromatic rings. The first-order valence-electron chi connectivity index (χ1n) is 9.12. The van der Waals surface area contributed by atoms with Crippen LogP contribution in [-0.4, -0.2) is 15.7 Å². The highest BCUT2D eigenvalue weighted by Gasteiger charge is 2.24. The molecule has 6 heteroatoms. The number of rotatable bonds is 3. The lowest BCUT2D eigenvalue weighted by atomic mass is 9.98. The number of fused-ring (bicyclic) bond motifs is 1. The standard InChI is InChI=1S/C23H15Cl2N3O/c24-21-19(12-17-13-20(29)27-23(17)22(21)25)16-4-2-14(3-5-16)15-6-8-18(9-7-15)28-11-1-10-26-28/h1-12H,13H2,(H,27,29). The van der Waals surface area contributed by atoms with Crippen molar-refractivity contribution < 1.29 is 4.79 Å². The van der Waals surface area contributed by atoms with Crippen molar-refractivity contribution in [1.82, 2.24) is 9.78 Å². The fraction of sp³-hybridized carbons (Fsp3) is 0.0435. The summed E-state index contributed by atoms with van der Waals surface area (Å²) in [5.74, 6) is -0.0657. The van der Waals surface area contributed by atoms with E-state index in [9.17, 15) is 4.79 Å². The van der Waals surface area contributed by atoms with Crippen LogP contribution in [0.25, 0.3) is 27.9 Å². The molecule has 0 spiro atoms. The lowest BCUT2D eigenvalue weighted by Gasteiger charge is -2.12. The fourth-order valence-corrected chi connectivity index (χ4v) is 4.12. The maximum Gasteiger partial charge on any atom is 0.228 e. The zero-order chi connectivity index (χ0) is 20.0. The molecule has 0 unspecified atom stereocenters. The summed E-state index contributed by atoms with van der Waals surface area (Å²) >= 11 is 12.9. The van der Waals surface area contributed by atoms with Crippen LogP contribution in [0, 0.1) is 0 Å². The third-order valence-electron chi connectivity index (χ3n) is 5.07. The summed E-state index contributed by atoms with van der Waals surface area (Å²) in [6.45, 7) is 0. The number of anilines is 1. The van der Waals surface area contributed by atoms with Crippen LogP contribution in [0.1, 0.15) is 5.56 Å². The first kappa shape index (κ1) is 18.0. The van der Waals surface area contributed by atoms with Crippen LogP contribution in [-0.2, 0) is 11.2 Å². The van der Waals surface area contributed by atoms with Gasteiger partial charge in [0.05, 0.1) is 27.8 Å². The van der Waals surface area contributed by atoms with E-state index < -0.39 is 0 Å². The first-order valence-corrected chi connectivity index (χ1v) is 9.87. The lowest BCUT2D eigenvalue weighted by molar-refractivity contribution is -0.115. The number of benzene rings is 3. The van der Waals surface area contributed by atoms with E-state index in [0.717, 1.165) is 33.5 Å². The van der Waals surface area contributed by atoms with E-state index >= 15 is 0 Å². The van der Waals surface area contributed by atoms with Gasteiger partial charge in [0, 0.05) is 18.0 Å². The molecular formula is C23H15Cl2N3O. The quantitative estimate of drug-likeness (QED) is 0.441. The number of amides is 1. The number of nitrogens with zero attached hydrogens (tertiary/aromatic N) is 2. The van der Waals surface area contributed by atoms with Gasteiger partial charge in [-0.2, -0.15) is 5.10 Å². The number of carbonyl (C=O) groups is 1. The highest BCUT2D eigenvalue weighted by molar-refractivity contribution is 6.46. The summed E-state index contributed by atoms with van der Waals surface area (Å²) in [6, 6.07) is 20.2. The van der Waals surface area contributed by atoms with Crippen molar-refractivity contribution >= 4 is 34.8 Å². The van der Waals surface area contributed by atoms with Gasteiger partial charge in [0.2, 0.25) is 5.91 Å². The molecule has 142 valence electrons. The van der Waals surface area contributed by atoms with Crippen LogP contribution >= 0.6 is 23.2 Å². The molecule has 4 nitrogen and oxygen atoms in total. The number of hydrogen-bond donors (Lipinski definition) is 1. The van der Waals surface area contributed by atoms with Gasteiger partial charge in [-0.15, -0.1) is 0 Å². The Balaban J connectivity index is 1.46. The molecular weight excluding hydrogens is 405 g/mol. The minimum Gasteiger partial charge on any atom is -0.324 e. The van der Waals surface area contributed by atoms with Crippen LogP contribution in [0.4, 0.5) is 5.69 Å². The smallest absolute Gasteiger partial charge is 0.228 e.